The van der Waals surface area contributed by atoms with Crippen molar-refractivity contribution in [3.63, 3.8) is 0 Å². The lowest BCUT2D eigenvalue weighted by molar-refractivity contribution is 0.102. The molecule has 3 N–H and O–H groups in total. The first kappa shape index (κ1) is 10.1. The molecule has 0 aliphatic carbocycles. The van der Waals surface area contributed by atoms with Crippen molar-refractivity contribution in [3.8, 4) is 0 Å². The summed E-state index contributed by atoms with van der Waals surface area (Å²) in [4.78, 5) is 19.4. The van der Waals surface area contributed by atoms with Crippen LogP contribution < -0.4 is 11.1 Å². The van der Waals surface area contributed by atoms with Gasteiger partial charge < -0.3 is 11.1 Å². The van der Waals surface area contributed by atoms with Crippen LogP contribution in [0.3, 0.4) is 0 Å². The first-order valence-electron chi connectivity index (χ1n) is 4.68. The maximum atomic E-state index is 11.7. The fraction of sp³-hybridized carbons (Fsp3) is 0. The number of benzene rings is 1. The van der Waals surface area contributed by atoms with Crippen molar-refractivity contribution in [1.82, 2.24) is 9.97 Å². The van der Waals surface area contributed by atoms with Crippen LogP contribution in [0.1, 0.15) is 10.4 Å². The van der Waals surface area contributed by atoms with Crippen molar-refractivity contribution in [1.29, 1.82) is 0 Å². The quantitative estimate of drug-likeness (QED) is 0.738. The number of hydrogen-bond donors (Lipinski definition) is 2. The molecule has 0 bridgehead atoms. The zero-order valence-electron chi connectivity index (χ0n) is 8.42. The summed E-state index contributed by atoms with van der Waals surface area (Å²) in [6.45, 7) is 0. The van der Waals surface area contributed by atoms with Gasteiger partial charge in [-0.05, 0) is 30.3 Å². The third-order valence-electron chi connectivity index (χ3n) is 2.00. The predicted octanol–water partition coefficient (Wildman–Crippen LogP) is 1.31. The zero-order valence-corrected chi connectivity index (χ0v) is 8.42. The van der Waals surface area contributed by atoms with E-state index in [1.807, 2.05) is 0 Å². The van der Waals surface area contributed by atoms with Gasteiger partial charge in [-0.3, -0.25) is 4.79 Å². The van der Waals surface area contributed by atoms with E-state index in [9.17, 15) is 4.79 Å². The number of nitrogens with two attached hydrogens (primary N) is 1. The Bertz CT molecular complexity index is 481. The first-order valence-corrected chi connectivity index (χ1v) is 4.68. The van der Waals surface area contributed by atoms with Crippen LogP contribution in [0.4, 0.5) is 11.5 Å². The molecule has 0 unspecified atom stereocenters. The molecule has 0 radical (unpaired) electrons. The van der Waals surface area contributed by atoms with Gasteiger partial charge in [-0.25, -0.2) is 9.97 Å². The smallest absolute Gasteiger partial charge is 0.256 e. The number of amides is 1. The van der Waals surface area contributed by atoms with E-state index in [2.05, 4.69) is 15.3 Å². The SMILES string of the molecule is Nc1ccc(C(=O)Nc2ccncn2)cc1. The standard InChI is InChI=1S/C11H10N4O/c12-9-3-1-8(2-4-9)11(16)15-10-5-6-13-7-14-10/h1-7H,12H2,(H,13,14,15,16). The third-order valence-corrected chi connectivity index (χ3v) is 2.00. The van der Waals surface area contributed by atoms with Crippen molar-refractivity contribution in [2.75, 3.05) is 11.1 Å². The molecule has 0 atom stereocenters. The number of nitrogens with zero attached hydrogens (tertiary/aromatic N) is 2. The van der Waals surface area contributed by atoms with Crippen LogP contribution in [0.25, 0.3) is 0 Å². The highest BCUT2D eigenvalue weighted by Gasteiger charge is 2.05. The minimum absolute atomic E-state index is 0.223. The molecule has 1 amide bonds. The Morgan fingerprint density at radius 1 is 1.19 bits per heavy atom. The minimum atomic E-state index is -0.223. The maximum Gasteiger partial charge on any atom is 0.256 e. The van der Waals surface area contributed by atoms with Crippen molar-refractivity contribution in [2.24, 2.45) is 0 Å². The molecule has 80 valence electrons. The van der Waals surface area contributed by atoms with Crippen molar-refractivity contribution < 1.29 is 4.79 Å². The highest BCUT2D eigenvalue weighted by molar-refractivity contribution is 6.03. The molecule has 0 aliphatic rings. The number of anilines is 2. The van der Waals surface area contributed by atoms with Gasteiger partial charge in [-0.1, -0.05) is 0 Å². The van der Waals surface area contributed by atoms with E-state index in [-0.39, 0.29) is 5.91 Å². The van der Waals surface area contributed by atoms with Gasteiger partial charge in [-0.15, -0.1) is 0 Å². The van der Waals surface area contributed by atoms with E-state index < -0.39 is 0 Å². The van der Waals surface area contributed by atoms with Crippen molar-refractivity contribution in [2.45, 2.75) is 0 Å². The average molecular weight is 214 g/mol. The van der Waals surface area contributed by atoms with E-state index in [4.69, 9.17) is 5.73 Å². The van der Waals surface area contributed by atoms with Crippen molar-refractivity contribution in [3.05, 3.63) is 48.4 Å². The largest absolute Gasteiger partial charge is 0.399 e. The number of carbonyl (C=O) groups excluding carboxylic acids is 1. The number of nitrogens with one attached hydrogen (secondary N) is 1. The topological polar surface area (TPSA) is 80.9 Å². The Balaban J connectivity index is 2.12. The Kier molecular flexibility index (Phi) is 2.77. The number of carbonyl (C=O) groups is 1. The van der Waals surface area contributed by atoms with Gasteiger partial charge in [0.25, 0.3) is 5.91 Å². The molecule has 0 fully saturated rings. The van der Waals surface area contributed by atoms with Crippen molar-refractivity contribution >= 4 is 17.4 Å². The summed E-state index contributed by atoms with van der Waals surface area (Å²) in [6.07, 6.45) is 2.93. The maximum absolute atomic E-state index is 11.7. The molecule has 1 heterocycles. The Morgan fingerprint density at radius 2 is 1.94 bits per heavy atom. The zero-order chi connectivity index (χ0) is 11.4. The molecule has 5 heteroatoms. The van der Waals surface area contributed by atoms with Crippen LogP contribution in [-0.4, -0.2) is 15.9 Å². The summed E-state index contributed by atoms with van der Waals surface area (Å²) in [6, 6.07) is 8.29. The monoisotopic (exact) mass is 214 g/mol. The summed E-state index contributed by atoms with van der Waals surface area (Å²) in [7, 11) is 0. The molecule has 0 saturated heterocycles. The summed E-state index contributed by atoms with van der Waals surface area (Å²) in [5, 5.41) is 2.65. The van der Waals surface area contributed by atoms with Crippen LogP contribution in [0, 0.1) is 0 Å². The van der Waals surface area contributed by atoms with Gasteiger partial charge in [-0.2, -0.15) is 0 Å². The second-order valence-electron chi connectivity index (χ2n) is 3.17. The number of aromatic nitrogens is 2. The van der Waals surface area contributed by atoms with Gasteiger partial charge >= 0.3 is 0 Å². The molecule has 0 saturated carbocycles. The molecule has 0 spiro atoms. The number of hydrogen-bond acceptors (Lipinski definition) is 4. The Hall–Kier alpha value is -2.43. The summed E-state index contributed by atoms with van der Waals surface area (Å²) in [5.74, 6) is 0.246. The summed E-state index contributed by atoms with van der Waals surface area (Å²) < 4.78 is 0. The molecule has 1 aromatic heterocycles. The van der Waals surface area contributed by atoms with E-state index in [1.54, 1.807) is 36.5 Å². The van der Waals surface area contributed by atoms with Crippen LogP contribution in [0.15, 0.2) is 42.9 Å². The molecule has 2 aromatic rings. The van der Waals surface area contributed by atoms with Crippen LogP contribution in [-0.2, 0) is 0 Å². The van der Waals surface area contributed by atoms with Crippen LogP contribution in [0.2, 0.25) is 0 Å². The molecular weight excluding hydrogens is 204 g/mol. The van der Waals surface area contributed by atoms with Gasteiger partial charge in [0.05, 0.1) is 0 Å². The molecular formula is C11H10N4O. The van der Waals surface area contributed by atoms with Crippen LogP contribution >= 0.6 is 0 Å². The lowest BCUT2D eigenvalue weighted by Gasteiger charge is -2.03. The molecule has 1 aromatic carbocycles. The second kappa shape index (κ2) is 4.39. The van der Waals surface area contributed by atoms with E-state index >= 15 is 0 Å². The van der Waals surface area contributed by atoms with Crippen LogP contribution in [0.5, 0.6) is 0 Å². The highest BCUT2D eigenvalue weighted by atomic mass is 16.1. The lowest BCUT2D eigenvalue weighted by atomic mass is 10.2. The van der Waals surface area contributed by atoms with Gasteiger partial charge in [0.1, 0.15) is 12.1 Å². The Labute approximate surface area is 92.3 Å². The lowest BCUT2D eigenvalue weighted by Crippen LogP contribution is -2.12. The molecule has 0 aliphatic heterocycles. The first-order chi connectivity index (χ1) is 7.75. The fourth-order valence-corrected chi connectivity index (χ4v) is 1.19. The predicted molar refractivity (Wildman–Crippen MR) is 60.8 cm³/mol. The van der Waals surface area contributed by atoms with E-state index in [0.717, 1.165) is 0 Å². The third kappa shape index (κ3) is 2.33. The van der Waals surface area contributed by atoms with E-state index in [1.165, 1.54) is 6.33 Å². The van der Waals surface area contributed by atoms with Gasteiger partial charge in [0.15, 0.2) is 0 Å². The molecule has 2 rings (SSSR count). The van der Waals surface area contributed by atoms with E-state index in [0.29, 0.717) is 17.1 Å². The van der Waals surface area contributed by atoms with Gasteiger partial charge in [0.2, 0.25) is 0 Å². The molecule has 16 heavy (non-hydrogen) atoms. The number of rotatable bonds is 2. The Morgan fingerprint density at radius 3 is 2.56 bits per heavy atom. The normalized spacial score (nSPS) is 9.75. The van der Waals surface area contributed by atoms with Gasteiger partial charge in [0, 0.05) is 17.4 Å². The fourth-order valence-electron chi connectivity index (χ4n) is 1.19. The summed E-state index contributed by atoms with van der Waals surface area (Å²) >= 11 is 0. The highest BCUT2D eigenvalue weighted by Crippen LogP contribution is 2.08. The average Bonchev–Trinajstić information content (AvgIpc) is 2.31. The molecule has 5 nitrogen and oxygen atoms in total. The summed E-state index contributed by atoms with van der Waals surface area (Å²) in [5.41, 5.74) is 6.69. The second-order valence-corrected chi connectivity index (χ2v) is 3.17. The minimum Gasteiger partial charge on any atom is -0.399 e. The number of nitrogen functional groups attached to an aromatic ring is 1.